The van der Waals surface area contributed by atoms with Crippen LogP contribution in [0, 0.1) is 0 Å². The van der Waals surface area contributed by atoms with Crippen LogP contribution in [0.25, 0.3) is 0 Å². The van der Waals surface area contributed by atoms with E-state index in [2.05, 4.69) is 4.74 Å². The van der Waals surface area contributed by atoms with Gasteiger partial charge in [-0.1, -0.05) is 35.9 Å². The largest absolute Gasteiger partial charge is 0.497 e. The topological polar surface area (TPSA) is 18.5 Å². The van der Waals surface area contributed by atoms with E-state index in [1.165, 1.54) is 13.2 Å². The van der Waals surface area contributed by atoms with E-state index in [-0.39, 0.29) is 5.75 Å². The summed E-state index contributed by atoms with van der Waals surface area (Å²) in [7, 11) is 1.52. The van der Waals surface area contributed by atoms with Crippen molar-refractivity contribution >= 4 is 23.2 Å². The van der Waals surface area contributed by atoms with Gasteiger partial charge in [-0.05, 0) is 23.8 Å². The third-order valence-corrected chi connectivity index (χ3v) is 3.69. The lowest BCUT2D eigenvalue weighted by Crippen LogP contribution is -2.06. The number of hydrogen-bond acceptors (Lipinski definition) is 2. The second-order valence-electron chi connectivity index (χ2n) is 4.17. The van der Waals surface area contributed by atoms with Crippen LogP contribution in [0.4, 0.5) is 8.78 Å². The van der Waals surface area contributed by atoms with Crippen LogP contribution in [-0.2, 0) is 0 Å². The number of para-hydroxylation sites is 1. The molecule has 0 aliphatic carbocycles. The number of alkyl halides is 3. The Morgan fingerprint density at radius 1 is 1.05 bits per heavy atom. The van der Waals surface area contributed by atoms with Gasteiger partial charge >= 0.3 is 6.61 Å². The maximum atomic E-state index is 12.4. The molecule has 6 heteroatoms. The molecule has 0 fully saturated rings. The molecule has 2 aromatic rings. The lowest BCUT2D eigenvalue weighted by molar-refractivity contribution is -0.0504. The van der Waals surface area contributed by atoms with Gasteiger partial charge in [0, 0.05) is 10.6 Å². The lowest BCUT2D eigenvalue weighted by Gasteiger charge is -2.17. The van der Waals surface area contributed by atoms with Crippen molar-refractivity contribution in [2.75, 3.05) is 7.11 Å². The summed E-state index contributed by atoms with van der Waals surface area (Å²) in [6.07, 6.45) is 0. The summed E-state index contributed by atoms with van der Waals surface area (Å²) in [6, 6.07) is 11.4. The van der Waals surface area contributed by atoms with Crippen LogP contribution < -0.4 is 9.47 Å². The molecule has 0 aliphatic heterocycles. The first-order valence-corrected chi connectivity index (χ1v) is 6.85. The maximum Gasteiger partial charge on any atom is 0.387 e. The zero-order valence-electron chi connectivity index (χ0n) is 11.0. The predicted molar refractivity (Wildman–Crippen MR) is 78.8 cm³/mol. The van der Waals surface area contributed by atoms with Crippen LogP contribution in [0.5, 0.6) is 11.5 Å². The number of hydrogen-bond donors (Lipinski definition) is 0. The molecule has 0 radical (unpaired) electrons. The van der Waals surface area contributed by atoms with Crippen LogP contribution in [0.1, 0.15) is 16.5 Å². The molecule has 1 atom stereocenters. The van der Waals surface area contributed by atoms with Gasteiger partial charge in [0.05, 0.1) is 12.5 Å². The number of rotatable bonds is 5. The minimum absolute atomic E-state index is 0.0272. The van der Waals surface area contributed by atoms with Crippen LogP contribution in [0.2, 0.25) is 5.02 Å². The SMILES string of the molecule is COc1ccc(C(Cl)c2ccccc2OC(F)F)c(Cl)c1. The minimum Gasteiger partial charge on any atom is -0.497 e. The molecular weight excluding hydrogens is 321 g/mol. The average Bonchev–Trinajstić information content (AvgIpc) is 2.46. The van der Waals surface area contributed by atoms with Gasteiger partial charge in [-0.3, -0.25) is 0 Å². The first-order chi connectivity index (χ1) is 10.0. The third kappa shape index (κ3) is 3.77. The van der Waals surface area contributed by atoms with Gasteiger partial charge in [-0.15, -0.1) is 11.6 Å². The molecule has 0 spiro atoms. The first kappa shape index (κ1) is 15.9. The van der Waals surface area contributed by atoms with Crippen LogP contribution in [0.15, 0.2) is 42.5 Å². The standard InChI is InChI=1S/C15H12Cl2F2O2/c1-20-9-6-7-10(12(16)8-9)14(17)11-4-2-3-5-13(11)21-15(18)19/h2-8,14-15H,1H3. The molecule has 2 rings (SSSR count). The molecule has 0 aromatic heterocycles. The van der Waals surface area contributed by atoms with E-state index in [1.807, 2.05) is 0 Å². The number of halogens is 4. The number of methoxy groups -OCH3 is 1. The fraction of sp³-hybridized carbons (Fsp3) is 0.200. The monoisotopic (exact) mass is 332 g/mol. The highest BCUT2D eigenvalue weighted by atomic mass is 35.5. The van der Waals surface area contributed by atoms with Gasteiger partial charge in [0.15, 0.2) is 0 Å². The van der Waals surface area contributed by atoms with Crippen molar-refractivity contribution in [2.45, 2.75) is 12.0 Å². The van der Waals surface area contributed by atoms with Crippen molar-refractivity contribution in [3.63, 3.8) is 0 Å². The summed E-state index contributed by atoms with van der Waals surface area (Å²) in [5.74, 6) is 0.615. The highest BCUT2D eigenvalue weighted by Gasteiger charge is 2.20. The second kappa shape index (κ2) is 6.96. The fourth-order valence-electron chi connectivity index (χ4n) is 1.90. The van der Waals surface area contributed by atoms with Crippen molar-refractivity contribution in [3.05, 3.63) is 58.6 Å². The Morgan fingerprint density at radius 3 is 2.38 bits per heavy atom. The van der Waals surface area contributed by atoms with E-state index in [4.69, 9.17) is 27.9 Å². The number of ether oxygens (including phenoxy) is 2. The highest BCUT2D eigenvalue weighted by molar-refractivity contribution is 6.33. The van der Waals surface area contributed by atoms with E-state index in [1.54, 1.807) is 36.4 Å². The molecule has 0 aliphatic rings. The second-order valence-corrected chi connectivity index (χ2v) is 5.01. The first-order valence-electron chi connectivity index (χ1n) is 6.04. The molecule has 1 unspecified atom stereocenters. The molecule has 0 bridgehead atoms. The molecule has 2 nitrogen and oxygen atoms in total. The summed E-state index contributed by atoms with van der Waals surface area (Å²) in [6.45, 7) is -2.92. The summed E-state index contributed by atoms with van der Waals surface area (Å²) in [5, 5.41) is -0.320. The Bertz CT molecular complexity index is 620. The predicted octanol–water partition coefficient (Wildman–Crippen LogP) is 5.28. The van der Waals surface area contributed by atoms with Crippen LogP contribution in [-0.4, -0.2) is 13.7 Å². The Hall–Kier alpha value is -1.52. The zero-order chi connectivity index (χ0) is 15.4. The Kier molecular flexibility index (Phi) is 5.26. The number of benzene rings is 2. The summed E-state index contributed by atoms with van der Waals surface area (Å²) < 4.78 is 34.4. The lowest BCUT2D eigenvalue weighted by atomic mass is 10.0. The van der Waals surface area contributed by atoms with Gasteiger partial charge in [-0.25, -0.2) is 0 Å². The summed E-state index contributed by atoms with van der Waals surface area (Å²) >= 11 is 12.5. The molecule has 2 aromatic carbocycles. The van der Waals surface area contributed by atoms with Crippen molar-refractivity contribution < 1.29 is 18.3 Å². The van der Waals surface area contributed by atoms with E-state index in [0.29, 0.717) is 21.9 Å². The maximum absolute atomic E-state index is 12.4. The molecular formula is C15H12Cl2F2O2. The van der Waals surface area contributed by atoms with Gasteiger partial charge < -0.3 is 9.47 Å². The molecule has 0 heterocycles. The molecule has 0 saturated carbocycles. The molecule has 0 N–H and O–H groups in total. The van der Waals surface area contributed by atoms with Gasteiger partial charge in [-0.2, -0.15) is 8.78 Å². The molecule has 21 heavy (non-hydrogen) atoms. The molecule has 0 amide bonds. The van der Waals surface area contributed by atoms with Crippen LogP contribution >= 0.6 is 23.2 Å². The van der Waals surface area contributed by atoms with Crippen molar-refractivity contribution in [1.29, 1.82) is 0 Å². The highest BCUT2D eigenvalue weighted by Crippen LogP contribution is 2.39. The Balaban J connectivity index is 2.38. The smallest absolute Gasteiger partial charge is 0.387 e. The van der Waals surface area contributed by atoms with Crippen molar-refractivity contribution in [2.24, 2.45) is 0 Å². The minimum atomic E-state index is -2.92. The average molecular weight is 333 g/mol. The molecule has 112 valence electrons. The Labute approximate surface area is 131 Å². The van der Waals surface area contributed by atoms with Gasteiger partial charge in [0.25, 0.3) is 0 Å². The van der Waals surface area contributed by atoms with E-state index >= 15 is 0 Å². The van der Waals surface area contributed by atoms with E-state index in [0.717, 1.165) is 0 Å². The quantitative estimate of drug-likeness (QED) is 0.693. The van der Waals surface area contributed by atoms with Crippen molar-refractivity contribution in [1.82, 2.24) is 0 Å². The van der Waals surface area contributed by atoms with E-state index < -0.39 is 12.0 Å². The molecule has 0 saturated heterocycles. The van der Waals surface area contributed by atoms with Crippen molar-refractivity contribution in [3.8, 4) is 11.5 Å². The normalized spacial score (nSPS) is 12.3. The Morgan fingerprint density at radius 2 is 1.76 bits per heavy atom. The van der Waals surface area contributed by atoms with E-state index in [9.17, 15) is 8.78 Å². The van der Waals surface area contributed by atoms with Crippen LogP contribution in [0.3, 0.4) is 0 Å². The summed E-state index contributed by atoms with van der Waals surface area (Å²) in [4.78, 5) is 0. The van der Waals surface area contributed by atoms with Gasteiger partial charge in [0.2, 0.25) is 0 Å². The summed E-state index contributed by atoms with van der Waals surface area (Å²) in [5.41, 5.74) is 1.01. The fourth-order valence-corrected chi connectivity index (χ4v) is 2.61. The third-order valence-electron chi connectivity index (χ3n) is 2.89. The zero-order valence-corrected chi connectivity index (χ0v) is 12.5. The van der Waals surface area contributed by atoms with Gasteiger partial charge in [0.1, 0.15) is 11.5 Å².